The largest absolute Gasteiger partial charge is 0.479 e. The number of primary amides is 1. The van der Waals surface area contributed by atoms with Gasteiger partial charge in [-0.2, -0.15) is 0 Å². The molecule has 1 aromatic carbocycles. The van der Waals surface area contributed by atoms with Gasteiger partial charge < -0.3 is 10.5 Å². The Morgan fingerprint density at radius 2 is 1.90 bits per heavy atom. The molecule has 5 N–H and O–H groups in total. The van der Waals surface area contributed by atoms with Crippen LogP contribution in [0.1, 0.15) is 0 Å². The van der Waals surface area contributed by atoms with Gasteiger partial charge in [-0.1, -0.05) is 0 Å². The first-order chi connectivity index (χ1) is 9.11. The molecule has 0 aliphatic heterocycles. The maximum atomic E-state index is 13.4. The molecular weight excluding hydrogens is 300 g/mol. The molecule has 0 heterocycles. The summed E-state index contributed by atoms with van der Waals surface area (Å²) in [6.07, 6.45) is 0. The van der Waals surface area contributed by atoms with Crippen molar-refractivity contribution in [3.05, 3.63) is 23.8 Å². The van der Waals surface area contributed by atoms with E-state index in [0.717, 1.165) is 0 Å². The Morgan fingerprint density at radius 3 is 2.40 bits per heavy atom. The summed E-state index contributed by atoms with van der Waals surface area (Å²) in [5, 5.41) is 6.37. The second kappa shape index (κ2) is 5.79. The molecule has 0 radical (unpaired) electrons. The average molecular weight is 309 g/mol. The van der Waals surface area contributed by atoms with E-state index >= 15 is 0 Å². The summed E-state index contributed by atoms with van der Waals surface area (Å²) < 4.78 is 53.3. The van der Waals surface area contributed by atoms with Gasteiger partial charge in [0.25, 0.3) is 5.91 Å². The Hall–Kier alpha value is -2.27. The normalized spacial score (nSPS) is 10.9. The molecule has 0 aliphatic rings. The molecule has 0 saturated carbocycles. The van der Waals surface area contributed by atoms with Gasteiger partial charge in [-0.05, 0) is 6.07 Å². The van der Waals surface area contributed by atoms with Gasteiger partial charge >= 0.3 is 6.03 Å². The molecule has 0 atom stereocenters. The zero-order valence-corrected chi connectivity index (χ0v) is 10.5. The van der Waals surface area contributed by atoms with Gasteiger partial charge in [0, 0.05) is 6.07 Å². The number of amides is 3. The van der Waals surface area contributed by atoms with Gasteiger partial charge in [0.2, 0.25) is 10.0 Å². The van der Waals surface area contributed by atoms with Crippen LogP contribution in [0.3, 0.4) is 0 Å². The van der Waals surface area contributed by atoms with E-state index in [-0.39, 0.29) is 0 Å². The highest BCUT2D eigenvalue weighted by molar-refractivity contribution is 7.89. The van der Waals surface area contributed by atoms with Crippen LogP contribution in [0, 0.1) is 11.6 Å². The lowest BCUT2D eigenvalue weighted by molar-refractivity contribution is -0.122. The monoisotopic (exact) mass is 309 g/mol. The van der Waals surface area contributed by atoms with E-state index < -0.39 is 50.8 Å². The van der Waals surface area contributed by atoms with Crippen LogP contribution in [0.5, 0.6) is 5.75 Å². The van der Waals surface area contributed by atoms with Gasteiger partial charge in [0.15, 0.2) is 18.2 Å². The first kappa shape index (κ1) is 15.8. The second-order valence-electron chi connectivity index (χ2n) is 3.46. The van der Waals surface area contributed by atoms with Crippen molar-refractivity contribution in [1.29, 1.82) is 0 Å². The van der Waals surface area contributed by atoms with Crippen LogP contribution in [-0.2, 0) is 14.8 Å². The van der Waals surface area contributed by atoms with Crippen LogP contribution in [-0.4, -0.2) is 27.0 Å². The third kappa shape index (κ3) is 4.13. The Morgan fingerprint density at radius 1 is 1.30 bits per heavy atom. The predicted octanol–water partition coefficient (Wildman–Crippen LogP) is -0.814. The number of benzene rings is 1. The van der Waals surface area contributed by atoms with Gasteiger partial charge in [-0.25, -0.2) is 27.1 Å². The summed E-state index contributed by atoms with van der Waals surface area (Å²) in [6.45, 7) is -0.923. The molecule has 1 aromatic rings. The molecule has 0 spiro atoms. The predicted molar refractivity (Wildman–Crippen MR) is 61.0 cm³/mol. The minimum atomic E-state index is -4.48. The summed E-state index contributed by atoms with van der Waals surface area (Å²) in [4.78, 5) is 20.4. The fraction of sp³-hybridized carbons (Fsp3) is 0.111. The maximum Gasteiger partial charge on any atom is 0.318 e. The molecule has 1 rings (SSSR count). The molecule has 3 amide bonds. The number of hydrogen-bond acceptors (Lipinski definition) is 5. The topological polar surface area (TPSA) is 142 Å². The summed E-state index contributed by atoms with van der Waals surface area (Å²) in [6, 6.07) is -0.403. The lowest BCUT2D eigenvalue weighted by atomic mass is 10.3. The van der Waals surface area contributed by atoms with E-state index in [9.17, 15) is 26.8 Å². The van der Waals surface area contributed by atoms with Gasteiger partial charge in [0.1, 0.15) is 10.7 Å². The van der Waals surface area contributed by atoms with Crippen molar-refractivity contribution < 1.29 is 31.5 Å². The number of rotatable bonds is 4. The maximum absolute atomic E-state index is 13.4. The second-order valence-corrected chi connectivity index (χ2v) is 4.99. The summed E-state index contributed by atoms with van der Waals surface area (Å²) in [5.41, 5.74) is 4.65. The van der Waals surface area contributed by atoms with Crippen LogP contribution in [0.15, 0.2) is 17.0 Å². The van der Waals surface area contributed by atoms with Crippen LogP contribution in [0.25, 0.3) is 0 Å². The van der Waals surface area contributed by atoms with E-state index in [4.69, 9.17) is 5.14 Å². The highest BCUT2D eigenvalue weighted by Crippen LogP contribution is 2.27. The molecule has 8 nitrogen and oxygen atoms in total. The van der Waals surface area contributed by atoms with E-state index in [1.54, 1.807) is 5.32 Å². The lowest BCUT2D eigenvalue weighted by Gasteiger charge is -2.10. The third-order valence-corrected chi connectivity index (χ3v) is 2.81. The molecule has 0 aliphatic carbocycles. The first-order valence-electron chi connectivity index (χ1n) is 4.85. The van der Waals surface area contributed by atoms with Gasteiger partial charge in [-0.3, -0.25) is 10.1 Å². The molecule has 0 aromatic heterocycles. The molecule has 110 valence electrons. The number of carbonyl (C=O) groups excluding carboxylic acids is 2. The van der Waals surface area contributed by atoms with Crippen molar-refractivity contribution in [1.82, 2.24) is 5.32 Å². The average Bonchev–Trinajstić information content (AvgIpc) is 2.24. The van der Waals surface area contributed by atoms with E-state index in [1.165, 1.54) is 0 Å². The number of carbonyl (C=O) groups is 2. The molecule has 20 heavy (non-hydrogen) atoms. The molecule has 0 unspecified atom stereocenters. The van der Waals surface area contributed by atoms with Crippen molar-refractivity contribution >= 4 is 22.0 Å². The fourth-order valence-corrected chi connectivity index (χ4v) is 1.89. The zero-order valence-electron chi connectivity index (χ0n) is 9.72. The van der Waals surface area contributed by atoms with Crippen molar-refractivity contribution in [3.8, 4) is 5.75 Å². The molecule has 0 bridgehead atoms. The number of nitrogens with one attached hydrogen (secondary N) is 1. The van der Waals surface area contributed by atoms with E-state index in [0.29, 0.717) is 12.1 Å². The fourth-order valence-electron chi connectivity index (χ4n) is 1.20. The highest BCUT2D eigenvalue weighted by atomic mass is 32.2. The highest BCUT2D eigenvalue weighted by Gasteiger charge is 2.22. The number of hydrogen-bond donors (Lipinski definition) is 3. The minimum Gasteiger partial charge on any atom is -0.479 e. The molecule has 0 fully saturated rings. The minimum absolute atomic E-state index is 0.343. The molecule has 11 heteroatoms. The summed E-state index contributed by atoms with van der Waals surface area (Å²) in [5.74, 6) is -4.56. The third-order valence-electron chi connectivity index (χ3n) is 1.89. The molecule has 0 saturated heterocycles. The SMILES string of the molecule is NC(=O)NC(=O)COc1c(F)cc(F)cc1S(N)(=O)=O. The summed E-state index contributed by atoms with van der Waals surface area (Å²) >= 11 is 0. The number of nitrogens with two attached hydrogens (primary N) is 2. The van der Waals surface area contributed by atoms with E-state index in [1.807, 2.05) is 0 Å². The Labute approximate surface area is 111 Å². The summed E-state index contributed by atoms with van der Waals surface area (Å²) in [7, 11) is -4.48. The Bertz CT molecular complexity index is 662. The Kier molecular flexibility index (Phi) is 4.57. The van der Waals surface area contributed by atoms with Crippen LogP contribution >= 0.6 is 0 Å². The van der Waals surface area contributed by atoms with Gasteiger partial charge in [-0.15, -0.1) is 0 Å². The van der Waals surface area contributed by atoms with Crippen molar-refractivity contribution in [2.45, 2.75) is 4.90 Å². The smallest absolute Gasteiger partial charge is 0.318 e. The Balaban J connectivity index is 3.06. The quantitative estimate of drug-likeness (QED) is 0.666. The van der Waals surface area contributed by atoms with Crippen LogP contribution in [0.4, 0.5) is 13.6 Å². The number of primary sulfonamides is 1. The van der Waals surface area contributed by atoms with Crippen molar-refractivity contribution in [3.63, 3.8) is 0 Å². The number of urea groups is 1. The van der Waals surface area contributed by atoms with Gasteiger partial charge in [0.05, 0.1) is 0 Å². The number of halogens is 2. The van der Waals surface area contributed by atoms with Crippen molar-refractivity contribution in [2.24, 2.45) is 10.9 Å². The van der Waals surface area contributed by atoms with Crippen LogP contribution in [0.2, 0.25) is 0 Å². The van der Waals surface area contributed by atoms with Crippen molar-refractivity contribution in [2.75, 3.05) is 6.61 Å². The number of sulfonamides is 1. The number of imide groups is 1. The lowest BCUT2D eigenvalue weighted by Crippen LogP contribution is -2.38. The van der Waals surface area contributed by atoms with E-state index in [2.05, 4.69) is 10.5 Å². The molecular formula is C9H9F2N3O5S. The first-order valence-corrected chi connectivity index (χ1v) is 6.40. The van der Waals surface area contributed by atoms with Crippen LogP contribution < -0.4 is 20.9 Å². The zero-order chi connectivity index (χ0) is 15.5. The number of ether oxygens (including phenoxy) is 1. The standard InChI is InChI=1S/C9H9F2N3O5S/c10-4-1-5(11)8(6(2-4)20(13,17)18)19-3-7(15)14-9(12)16/h1-2H,3H2,(H2,13,17,18)(H3,12,14,15,16).